The Hall–Kier alpha value is -0.120. The highest BCUT2D eigenvalue weighted by atomic mass is 35.5. The molecule has 0 aliphatic heterocycles. The Morgan fingerprint density at radius 2 is 1.93 bits per heavy atom. The van der Waals surface area contributed by atoms with Gasteiger partial charge in [-0.05, 0) is 19.3 Å². The summed E-state index contributed by atoms with van der Waals surface area (Å²) in [6, 6.07) is 0. The Morgan fingerprint density at radius 3 is 2.33 bits per heavy atom. The fraction of sp³-hybridized carbons (Fsp3) is 0.727. The van der Waals surface area contributed by atoms with E-state index in [1.165, 1.54) is 0 Å². The van der Waals surface area contributed by atoms with Crippen molar-refractivity contribution in [1.82, 2.24) is 10.3 Å². The predicted octanol–water partition coefficient (Wildman–Crippen LogP) is 3.85. The van der Waals surface area contributed by atoms with Gasteiger partial charge in [-0.2, -0.15) is 0 Å². The number of nitrogens with one attached hydrogen (secondary N) is 1. The molecule has 0 aliphatic carbocycles. The quantitative estimate of drug-likeness (QED) is 0.825. The highest BCUT2D eigenvalue weighted by Crippen LogP contribution is 2.22. The normalized spacial score (nSPS) is 12.0. The largest absolute Gasteiger partial charge is 0.305 e. The van der Waals surface area contributed by atoms with Gasteiger partial charge in [-0.1, -0.05) is 32.4 Å². The summed E-state index contributed by atoms with van der Waals surface area (Å²) in [4.78, 5) is 4.25. The summed E-state index contributed by atoms with van der Waals surface area (Å²) < 4.78 is 0.766. The zero-order valence-corrected chi connectivity index (χ0v) is 11.2. The summed E-state index contributed by atoms with van der Waals surface area (Å²) in [5.41, 5.74) is 0.262. The van der Waals surface area contributed by atoms with Crippen LogP contribution in [0.1, 0.15) is 45.0 Å². The van der Waals surface area contributed by atoms with Crippen LogP contribution in [0.4, 0.5) is 0 Å². The van der Waals surface area contributed by atoms with Gasteiger partial charge in [0, 0.05) is 12.1 Å². The Bertz CT molecular complexity index is 286. The molecule has 1 N–H and O–H groups in total. The lowest BCUT2D eigenvalue weighted by molar-refractivity contribution is 0.288. The summed E-state index contributed by atoms with van der Waals surface area (Å²) in [7, 11) is 0. The topological polar surface area (TPSA) is 24.9 Å². The number of halogens is 1. The molecule has 0 radical (unpaired) electrons. The van der Waals surface area contributed by atoms with Gasteiger partial charge in [-0.15, -0.1) is 11.3 Å². The van der Waals surface area contributed by atoms with Crippen LogP contribution in [-0.2, 0) is 6.54 Å². The van der Waals surface area contributed by atoms with Gasteiger partial charge in [0.2, 0.25) is 0 Å². The number of rotatable bonds is 6. The highest BCUT2D eigenvalue weighted by molar-refractivity contribution is 7.15. The molecule has 1 rings (SSSR count). The number of nitrogens with zero attached hydrogens (tertiary/aromatic N) is 1. The SMILES string of the molecule is CCC(CC)(CC)NCc1ncc(Cl)s1. The van der Waals surface area contributed by atoms with E-state index in [0.717, 1.165) is 35.2 Å². The van der Waals surface area contributed by atoms with Crippen molar-refractivity contribution in [3.8, 4) is 0 Å². The van der Waals surface area contributed by atoms with Crippen LogP contribution in [0.2, 0.25) is 4.34 Å². The molecule has 1 aromatic heterocycles. The average molecular weight is 247 g/mol. The van der Waals surface area contributed by atoms with Gasteiger partial charge in [-0.3, -0.25) is 0 Å². The van der Waals surface area contributed by atoms with E-state index in [-0.39, 0.29) is 5.54 Å². The van der Waals surface area contributed by atoms with E-state index in [0.29, 0.717) is 0 Å². The molecule has 0 amide bonds. The molecular formula is C11H19ClN2S. The average Bonchev–Trinajstić information content (AvgIpc) is 2.67. The summed E-state index contributed by atoms with van der Waals surface area (Å²) >= 11 is 7.39. The van der Waals surface area contributed by atoms with E-state index >= 15 is 0 Å². The molecule has 0 saturated carbocycles. The molecule has 0 aliphatic rings. The zero-order valence-electron chi connectivity index (χ0n) is 9.64. The minimum absolute atomic E-state index is 0.262. The van der Waals surface area contributed by atoms with Crippen LogP contribution in [0.15, 0.2) is 6.20 Å². The van der Waals surface area contributed by atoms with Crippen molar-refractivity contribution in [2.24, 2.45) is 0 Å². The first-order valence-electron chi connectivity index (χ1n) is 5.51. The fourth-order valence-electron chi connectivity index (χ4n) is 1.76. The van der Waals surface area contributed by atoms with Crippen LogP contribution in [0.5, 0.6) is 0 Å². The van der Waals surface area contributed by atoms with E-state index in [4.69, 9.17) is 11.6 Å². The molecule has 1 aromatic rings. The Kier molecular flexibility index (Phi) is 5.03. The third kappa shape index (κ3) is 3.44. The van der Waals surface area contributed by atoms with Crippen molar-refractivity contribution in [3.05, 3.63) is 15.5 Å². The lowest BCUT2D eigenvalue weighted by Gasteiger charge is -2.31. The minimum atomic E-state index is 0.262. The van der Waals surface area contributed by atoms with E-state index in [2.05, 4.69) is 31.1 Å². The second kappa shape index (κ2) is 5.83. The third-order valence-corrected chi connectivity index (χ3v) is 4.29. The smallest absolute Gasteiger partial charge is 0.113 e. The van der Waals surface area contributed by atoms with Crippen LogP contribution in [0, 0.1) is 0 Å². The molecule has 0 aromatic carbocycles. The number of thiazole rings is 1. The summed E-state index contributed by atoms with van der Waals surface area (Å²) in [5, 5.41) is 4.67. The molecule has 86 valence electrons. The predicted molar refractivity (Wildman–Crippen MR) is 67.6 cm³/mol. The van der Waals surface area contributed by atoms with Crippen LogP contribution in [-0.4, -0.2) is 10.5 Å². The first-order chi connectivity index (χ1) is 7.15. The van der Waals surface area contributed by atoms with Gasteiger partial charge < -0.3 is 5.32 Å². The summed E-state index contributed by atoms with van der Waals surface area (Å²) in [6.07, 6.45) is 5.17. The van der Waals surface area contributed by atoms with Gasteiger partial charge in [0.05, 0.1) is 6.20 Å². The van der Waals surface area contributed by atoms with E-state index in [1.807, 2.05) is 0 Å². The van der Waals surface area contributed by atoms with Gasteiger partial charge in [0.25, 0.3) is 0 Å². The maximum atomic E-state index is 5.84. The first-order valence-corrected chi connectivity index (χ1v) is 6.70. The van der Waals surface area contributed by atoms with Crippen molar-refractivity contribution in [2.45, 2.75) is 52.1 Å². The molecule has 15 heavy (non-hydrogen) atoms. The molecule has 0 saturated heterocycles. The lowest BCUT2D eigenvalue weighted by atomic mass is 9.90. The molecule has 1 heterocycles. The maximum Gasteiger partial charge on any atom is 0.113 e. The molecule has 0 bridgehead atoms. The fourth-order valence-corrected chi connectivity index (χ4v) is 2.65. The first kappa shape index (κ1) is 12.9. The van der Waals surface area contributed by atoms with E-state index in [1.54, 1.807) is 17.5 Å². The van der Waals surface area contributed by atoms with Crippen molar-refractivity contribution >= 4 is 22.9 Å². The lowest BCUT2D eigenvalue weighted by Crippen LogP contribution is -2.43. The number of aromatic nitrogens is 1. The molecule has 0 unspecified atom stereocenters. The van der Waals surface area contributed by atoms with Crippen molar-refractivity contribution in [1.29, 1.82) is 0 Å². The van der Waals surface area contributed by atoms with Gasteiger partial charge in [0.15, 0.2) is 0 Å². The van der Waals surface area contributed by atoms with Crippen LogP contribution in [0.25, 0.3) is 0 Å². The van der Waals surface area contributed by atoms with Crippen LogP contribution >= 0.6 is 22.9 Å². The van der Waals surface area contributed by atoms with E-state index < -0.39 is 0 Å². The monoisotopic (exact) mass is 246 g/mol. The number of hydrogen-bond acceptors (Lipinski definition) is 3. The molecule has 4 heteroatoms. The van der Waals surface area contributed by atoms with Crippen molar-refractivity contribution in [3.63, 3.8) is 0 Å². The second-order valence-corrected chi connectivity index (χ2v) is 5.50. The van der Waals surface area contributed by atoms with Gasteiger partial charge in [0.1, 0.15) is 9.34 Å². The van der Waals surface area contributed by atoms with Gasteiger partial charge in [-0.25, -0.2) is 4.98 Å². The third-order valence-electron chi connectivity index (χ3n) is 3.17. The second-order valence-electron chi connectivity index (χ2n) is 3.75. The molecule has 0 fully saturated rings. The molecule has 0 atom stereocenters. The molecular weight excluding hydrogens is 228 g/mol. The van der Waals surface area contributed by atoms with Crippen LogP contribution < -0.4 is 5.32 Å². The summed E-state index contributed by atoms with van der Waals surface area (Å²) in [5.74, 6) is 0. The highest BCUT2D eigenvalue weighted by Gasteiger charge is 2.22. The number of hydrogen-bond donors (Lipinski definition) is 1. The zero-order chi connectivity index (χ0) is 11.3. The van der Waals surface area contributed by atoms with Crippen molar-refractivity contribution < 1.29 is 0 Å². The van der Waals surface area contributed by atoms with E-state index in [9.17, 15) is 0 Å². The molecule has 2 nitrogen and oxygen atoms in total. The van der Waals surface area contributed by atoms with Gasteiger partial charge >= 0.3 is 0 Å². The molecule has 0 spiro atoms. The maximum absolute atomic E-state index is 5.84. The minimum Gasteiger partial charge on any atom is -0.305 e. The summed E-state index contributed by atoms with van der Waals surface area (Å²) in [6.45, 7) is 7.52. The standard InChI is InChI=1S/C11H19ClN2S/c1-4-11(5-2,6-3)14-8-10-13-7-9(12)15-10/h7,14H,4-6,8H2,1-3H3. The Balaban J connectivity index is 2.54. The Morgan fingerprint density at radius 1 is 1.33 bits per heavy atom. The van der Waals surface area contributed by atoms with Crippen molar-refractivity contribution in [2.75, 3.05) is 0 Å². The Labute approximate surface area is 101 Å². The van der Waals surface area contributed by atoms with Crippen LogP contribution in [0.3, 0.4) is 0 Å².